The van der Waals surface area contributed by atoms with Crippen LogP contribution in [0.3, 0.4) is 0 Å². The molecule has 1 aliphatic carbocycles. The Balaban J connectivity index is 2.18. The van der Waals surface area contributed by atoms with Gasteiger partial charge in [-0.1, -0.05) is 0 Å². The van der Waals surface area contributed by atoms with E-state index in [-0.39, 0.29) is 5.41 Å². The molecule has 0 unspecified atom stereocenters. The molecule has 1 saturated carbocycles. The Labute approximate surface area is 108 Å². The van der Waals surface area contributed by atoms with Crippen molar-refractivity contribution < 1.29 is 9.47 Å². The van der Waals surface area contributed by atoms with Crippen LogP contribution in [0.4, 0.5) is 5.69 Å². The summed E-state index contributed by atoms with van der Waals surface area (Å²) in [4.78, 5) is 0. The maximum Gasteiger partial charge on any atom is 0.148 e. The number of hydrogen-bond acceptors (Lipinski definition) is 4. The summed E-state index contributed by atoms with van der Waals surface area (Å²) < 4.78 is 10.7. The van der Waals surface area contributed by atoms with Crippen molar-refractivity contribution in [2.45, 2.75) is 19.8 Å². The van der Waals surface area contributed by atoms with Gasteiger partial charge in [-0.05, 0) is 31.9 Å². The van der Waals surface area contributed by atoms with Gasteiger partial charge in [0.1, 0.15) is 11.5 Å². The highest BCUT2D eigenvalue weighted by molar-refractivity contribution is 5.64. The smallest absolute Gasteiger partial charge is 0.148 e. The van der Waals surface area contributed by atoms with E-state index >= 15 is 0 Å². The van der Waals surface area contributed by atoms with E-state index in [1.165, 1.54) is 0 Å². The van der Waals surface area contributed by atoms with Crippen molar-refractivity contribution in [2.24, 2.45) is 5.41 Å². The summed E-state index contributed by atoms with van der Waals surface area (Å²) in [5.41, 5.74) is 1.71. The minimum Gasteiger partial charge on any atom is -0.496 e. The molecule has 4 nitrogen and oxygen atoms in total. The number of hydrogen-bond donors (Lipinski definition) is 1. The van der Waals surface area contributed by atoms with Crippen molar-refractivity contribution in [3.8, 4) is 17.6 Å². The first-order chi connectivity index (χ1) is 8.65. The SMILES string of the molecule is COc1ccc(NCC2(C#N)CC2)c(OC)c1C. The van der Waals surface area contributed by atoms with Crippen molar-refractivity contribution >= 4 is 5.69 Å². The zero-order valence-corrected chi connectivity index (χ0v) is 11.0. The van der Waals surface area contributed by atoms with E-state index < -0.39 is 0 Å². The van der Waals surface area contributed by atoms with Gasteiger partial charge < -0.3 is 14.8 Å². The molecule has 0 heterocycles. The summed E-state index contributed by atoms with van der Waals surface area (Å²) in [6, 6.07) is 6.21. The van der Waals surface area contributed by atoms with Crippen LogP contribution in [-0.4, -0.2) is 20.8 Å². The summed E-state index contributed by atoms with van der Waals surface area (Å²) in [7, 11) is 3.29. The van der Waals surface area contributed by atoms with Gasteiger partial charge in [0, 0.05) is 12.1 Å². The number of nitrogens with one attached hydrogen (secondary N) is 1. The summed E-state index contributed by atoms with van der Waals surface area (Å²) in [6.45, 7) is 2.63. The summed E-state index contributed by atoms with van der Waals surface area (Å²) in [5.74, 6) is 1.59. The zero-order valence-electron chi connectivity index (χ0n) is 11.0. The molecule has 0 atom stereocenters. The van der Waals surface area contributed by atoms with Crippen LogP contribution < -0.4 is 14.8 Å². The lowest BCUT2D eigenvalue weighted by atomic mass is 10.1. The van der Waals surface area contributed by atoms with E-state index in [9.17, 15) is 0 Å². The standard InChI is InChI=1S/C14H18N2O2/c1-10-12(17-2)5-4-11(13(10)18-3)16-9-14(8-15)6-7-14/h4-5,16H,6-7,9H2,1-3H3. The van der Waals surface area contributed by atoms with Crippen molar-refractivity contribution in [1.29, 1.82) is 5.26 Å². The van der Waals surface area contributed by atoms with E-state index in [1.807, 2.05) is 19.1 Å². The summed E-state index contributed by atoms with van der Waals surface area (Å²) in [6.07, 6.45) is 1.96. The van der Waals surface area contributed by atoms with Crippen LogP contribution in [0.1, 0.15) is 18.4 Å². The number of nitriles is 1. The van der Waals surface area contributed by atoms with Crippen molar-refractivity contribution in [3.05, 3.63) is 17.7 Å². The molecule has 0 bridgehead atoms. The Morgan fingerprint density at radius 3 is 2.56 bits per heavy atom. The lowest BCUT2D eigenvalue weighted by Crippen LogP contribution is -2.14. The van der Waals surface area contributed by atoms with E-state index in [1.54, 1.807) is 14.2 Å². The second-order valence-corrected chi connectivity index (χ2v) is 4.72. The van der Waals surface area contributed by atoms with Gasteiger partial charge in [0.2, 0.25) is 0 Å². The van der Waals surface area contributed by atoms with Crippen LogP contribution in [-0.2, 0) is 0 Å². The molecule has 1 aromatic carbocycles. The highest BCUT2D eigenvalue weighted by Crippen LogP contribution is 2.45. The largest absolute Gasteiger partial charge is 0.496 e. The first kappa shape index (κ1) is 12.6. The van der Waals surface area contributed by atoms with Crippen molar-refractivity contribution in [2.75, 3.05) is 26.1 Å². The molecule has 0 spiro atoms. The van der Waals surface area contributed by atoms with Crippen molar-refractivity contribution in [3.63, 3.8) is 0 Å². The lowest BCUT2D eigenvalue weighted by Gasteiger charge is -2.16. The van der Waals surface area contributed by atoms with Gasteiger partial charge in [-0.25, -0.2) is 0 Å². The normalized spacial score (nSPS) is 15.7. The van der Waals surface area contributed by atoms with Crippen LogP contribution >= 0.6 is 0 Å². The fourth-order valence-corrected chi connectivity index (χ4v) is 2.04. The third kappa shape index (κ3) is 2.21. The number of rotatable bonds is 5. The quantitative estimate of drug-likeness (QED) is 0.868. The second-order valence-electron chi connectivity index (χ2n) is 4.72. The lowest BCUT2D eigenvalue weighted by molar-refractivity contribution is 0.390. The Morgan fingerprint density at radius 2 is 2.06 bits per heavy atom. The predicted molar refractivity (Wildman–Crippen MR) is 70.1 cm³/mol. The first-order valence-electron chi connectivity index (χ1n) is 6.02. The molecule has 0 aromatic heterocycles. The van der Waals surface area contributed by atoms with Crippen LogP contribution in [0.2, 0.25) is 0 Å². The van der Waals surface area contributed by atoms with Gasteiger partial charge in [0.25, 0.3) is 0 Å². The average Bonchev–Trinajstić information content (AvgIpc) is 3.17. The van der Waals surface area contributed by atoms with Crippen LogP contribution in [0.25, 0.3) is 0 Å². The molecule has 96 valence electrons. The molecule has 0 saturated heterocycles. The third-order valence-electron chi connectivity index (χ3n) is 3.49. The Bertz CT molecular complexity index is 487. The van der Waals surface area contributed by atoms with Gasteiger partial charge in [-0.15, -0.1) is 0 Å². The van der Waals surface area contributed by atoms with Crippen LogP contribution in [0.5, 0.6) is 11.5 Å². The second kappa shape index (κ2) is 4.77. The van der Waals surface area contributed by atoms with Gasteiger partial charge in [-0.2, -0.15) is 5.26 Å². The molecule has 4 heteroatoms. The first-order valence-corrected chi connectivity index (χ1v) is 6.02. The average molecular weight is 246 g/mol. The molecule has 1 aromatic rings. The van der Waals surface area contributed by atoms with Gasteiger partial charge in [0.15, 0.2) is 0 Å². The zero-order chi connectivity index (χ0) is 13.2. The molecule has 0 radical (unpaired) electrons. The third-order valence-corrected chi connectivity index (χ3v) is 3.49. The van der Waals surface area contributed by atoms with Gasteiger partial charge in [-0.3, -0.25) is 0 Å². The molecular formula is C14H18N2O2. The fraction of sp³-hybridized carbons (Fsp3) is 0.500. The number of anilines is 1. The van der Waals surface area contributed by atoms with E-state index in [0.29, 0.717) is 6.54 Å². The molecule has 0 amide bonds. The number of nitrogens with zero attached hydrogens (tertiary/aromatic N) is 1. The Morgan fingerprint density at radius 1 is 1.33 bits per heavy atom. The Kier molecular flexibility index (Phi) is 3.33. The van der Waals surface area contributed by atoms with E-state index in [0.717, 1.165) is 35.6 Å². The number of ether oxygens (including phenoxy) is 2. The highest BCUT2D eigenvalue weighted by Gasteiger charge is 2.43. The fourth-order valence-electron chi connectivity index (χ4n) is 2.04. The van der Waals surface area contributed by atoms with Gasteiger partial charge in [0.05, 0.1) is 31.4 Å². The maximum absolute atomic E-state index is 9.06. The molecule has 2 rings (SSSR count). The monoisotopic (exact) mass is 246 g/mol. The highest BCUT2D eigenvalue weighted by atomic mass is 16.5. The van der Waals surface area contributed by atoms with Crippen LogP contribution in [0.15, 0.2) is 12.1 Å². The van der Waals surface area contributed by atoms with Gasteiger partial charge >= 0.3 is 0 Å². The summed E-state index contributed by atoms with van der Waals surface area (Å²) >= 11 is 0. The van der Waals surface area contributed by atoms with E-state index in [4.69, 9.17) is 14.7 Å². The molecule has 0 aliphatic heterocycles. The topological polar surface area (TPSA) is 54.3 Å². The molecular weight excluding hydrogens is 228 g/mol. The minimum atomic E-state index is -0.168. The molecule has 1 N–H and O–H groups in total. The predicted octanol–water partition coefficient (Wildman–Crippen LogP) is 2.73. The van der Waals surface area contributed by atoms with E-state index in [2.05, 4.69) is 11.4 Å². The number of methoxy groups -OCH3 is 2. The Hall–Kier alpha value is -1.89. The number of benzene rings is 1. The summed E-state index contributed by atoms with van der Waals surface area (Å²) in [5, 5.41) is 12.4. The molecule has 1 aliphatic rings. The molecule has 18 heavy (non-hydrogen) atoms. The molecule has 1 fully saturated rings. The minimum absolute atomic E-state index is 0.168. The van der Waals surface area contributed by atoms with Crippen LogP contribution in [0, 0.1) is 23.7 Å². The van der Waals surface area contributed by atoms with Crippen molar-refractivity contribution in [1.82, 2.24) is 0 Å². The maximum atomic E-state index is 9.06.